The van der Waals surface area contributed by atoms with Gasteiger partial charge in [-0.1, -0.05) is 17.7 Å². The molecular formula is C12H15NO3. The Bertz CT molecular complexity index is 426. The Balaban J connectivity index is 2.88. The molecule has 0 fully saturated rings. The molecule has 1 amide bonds. The van der Waals surface area contributed by atoms with E-state index in [9.17, 15) is 9.59 Å². The van der Waals surface area contributed by atoms with Crippen molar-refractivity contribution in [3.8, 4) is 0 Å². The van der Waals surface area contributed by atoms with E-state index in [0.717, 1.165) is 11.1 Å². The van der Waals surface area contributed by atoms with Crippen molar-refractivity contribution in [3.63, 3.8) is 0 Å². The number of rotatable bonds is 3. The van der Waals surface area contributed by atoms with Gasteiger partial charge in [-0.3, -0.25) is 4.79 Å². The zero-order valence-corrected chi connectivity index (χ0v) is 9.61. The molecule has 4 heteroatoms. The van der Waals surface area contributed by atoms with Gasteiger partial charge in [0.15, 0.2) is 6.10 Å². The molecule has 0 spiro atoms. The van der Waals surface area contributed by atoms with Crippen molar-refractivity contribution >= 4 is 11.9 Å². The highest BCUT2D eigenvalue weighted by Gasteiger charge is 2.17. The summed E-state index contributed by atoms with van der Waals surface area (Å²) in [5, 5.41) is 0. The predicted molar refractivity (Wildman–Crippen MR) is 60.0 cm³/mol. The van der Waals surface area contributed by atoms with Crippen LogP contribution in [0, 0.1) is 13.8 Å². The fraction of sp³-hybridized carbons (Fsp3) is 0.333. The number of hydrogen-bond donors (Lipinski definition) is 1. The van der Waals surface area contributed by atoms with Gasteiger partial charge in [-0.05, 0) is 32.4 Å². The SMILES string of the molecule is Cc1ccc(C)c(C(=O)O[C@@H](C)C(N)=O)c1. The molecule has 0 aliphatic rings. The quantitative estimate of drug-likeness (QED) is 0.783. The lowest BCUT2D eigenvalue weighted by atomic mass is 10.1. The van der Waals surface area contributed by atoms with Gasteiger partial charge in [0, 0.05) is 0 Å². The number of benzene rings is 1. The van der Waals surface area contributed by atoms with Crippen molar-refractivity contribution in [2.45, 2.75) is 26.9 Å². The molecule has 1 aromatic rings. The Kier molecular flexibility index (Phi) is 3.66. The first-order valence-corrected chi connectivity index (χ1v) is 4.99. The second-order valence-electron chi connectivity index (χ2n) is 3.77. The van der Waals surface area contributed by atoms with Crippen molar-refractivity contribution < 1.29 is 14.3 Å². The van der Waals surface area contributed by atoms with Gasteiger partial charge in [-0.2, -0.15) is 0 Å². The average molecular weight is 221 g/mol. The topological polar surface area (TPSA) is 69.4 Å². The van der Waals surface area contributed by atoms with Crippen molar-refractivity contribution in [3.05, 3.63) is 34.9 Å². The lowest BCUT2D eigenvalue weighted by Gasteiger charge is -2.11. The van der Waals surface area contributed by atoms with Gasteiger partial charge in [0.2, 0.25) is 0 Å². The molecule has 1 aromatic carbocycles. The van der Waals surface area contributed by atoms with E-state index in [2.05, 4.69) is 0 Å². The van der Waals surface area contributed by atoms with E-state index in [-0.39, 0.29) is 0 Å². The van der Waals surface area contributed by atoms with Crippen LogP contribution in [0.25, 0.3) is 0 Å². The van der Waals surface area contributed by atoms with Crippen LogP contribution in [0.1, 0.15) is 28.4 Å². The van der Waals surface area contributed by atoms with Crippen LogP contribution >= 0.6 is 0 Å². The van der Waals surface area contributed by atoms with Gasteiger partial charge in [0.1, 0.15) is 0 Å². The smallest absolute Gasteiger partial charge is 0.339 e. The Labute approximate surface area is 94.4 Å². The van der Waals surface area contributed by atoms with Crippen LogP contribution in [-0.4, -0.2) is 18.0 Å². The van der Waals surface area contributed by atoms with Crippen LogP contribution in [0.5, 0.6) is 0 Å². The Morgan fingerprint density at radius 2 is 1.94 bits per heavy atom. The third-order valence-electron chi connectivity index (χ3n) is 2.30. The van der Waals surface area contributed by atoms with Crippen LogP contribution in [0.2, 0.25) is 0 Å². The maximum absolute atomic E-state index is 11.7. The highest BCUT2D eigenvalue weighted by atomic mass is 16.5. The molecule has 0 aliphatic carbocycles. The molecule has 0 aliphatic heterocycles. The normalized spacial score (nSPS) is 11.9. The summed E-state index contributed by atoms with van der Waals surface area (Å²) in [6.07, 6.45) is -0.910. The van der Waals surface area contributed by atoms with E-state index < -0.39 is 18.0 Å². The highest BCUT2D eigenvalue weighted by molar-refractivity contribution is 5.93. The molecule has 0 aromatic heterocycles. The molecule has 0 heterocycles. The van der Waals surface area contributed by atoms with Gasteiger partial charge >= 0.3 is 5.97 Å². The minimum absolute atomic E-state index is 0.466. The zero-order chi connectivity index (χ0) is 12.3. The first kappa shape index (κ1) is 12.2. The first-order chi connectivity index (χ1) is 7.41. The maximum atomic E-state index is 11.7. The van der Waals surface area contributed by atoms with Crippen molar-refractivity contribution in [1.82, 2.24) is 0 Å². The Hall–Kier alpha value is -1.84. The molecule has 4 nitrogen and oxygen atoms in total. The monoisotopic (exact) mass is 221 g/mol. The third kappa shape index (κ3) is 2.82. The highest BCUT2D eigenvalue weighted by Crippen LogP contribution is 2.12. The van der Waals surface area contributed by atoms with E-state index in [0.29, 0.717) is 5.56 Å². The van der Waals surface area contributed by atoms with Crippen LogP contribution in [0.4, 0.5) is 0 Å². The summed E-state index contributed by atoms with van der Waals surface area (Å²) in [5.74, 6) is -1.17. The van der Waals surface area contributed by atoms with E-state index >= 15 is 0 Å². The van der Waals surface area contributed by atoms with Gasteiger partial charge < -0.3 is 10.5 Å². The standard InChI is InChI=1S/C12H15NO3/c1-7-4-5-8(2)10(6-7)12(15)16-9(3)11(13)14/h4-6,9H,1-3H3,(H2,13,14)/t9-/m0/s1. The second kappa shape index (κ2) is 4.79. The number of nitrogens with two attached hydrogens (primary N) is 1. The molecule has 1 rings (SSSR count). The number of carbonyl (C=O) groups excluding carboxylic acids is 2. The predicted octanol–water partition coefficient (Wildman–Crippen LogP) is 1.33. The summed E-state index contributed by atoms with van der Waals surface area (Å²) in [6.45, 7) is 5.14. The number of hydrogen-bond acceptors (Lipinski definition) is 3. The van der Waals surface area contributed by atoms with Gasteiger partial charge in [0.05, 0.1) is 5.56 Å². The summed E-state index contributed by atoms with van der Waals surface area (Å²) in [4.78, 5) is 22.5. The fourth-order valence-electron chi connectivity index (χ4n) is 1.24. The zero-order valence-electron chi connectivity index (χ0n) is 9.61. The van der Waals surface area contributed by atoms with E-state index in [1.165, 1.54) is 6.92 Å². The second-order valence-corrected chi connectivity index (χ2v) is 3.77. The average Bonchev–Trinajstić information content (AvgIpc) is 2.21. The van der Waals surface area contributed by atoms with Crippen molar-refractivity contribution in [1.29, 1.82) is 0 Å². The summed E-state index contributed by atoms with van der Waals surface area (Å²) in [6, 6.07) is 5.47. The van der Waals surface area contributed by atoms with E-state index in [1.54, 1.807) is 6.07 Å². The number of amides is 1. The molecular weight excluding hydrogens is 206 g/mol. The van der Waals surface area contributed by atoms with Crippen LogP contribution in [-0.2, 0) is 9.53 Å². The first-order valence-electron chi connectivity index (χ1n) is 4.99. The lowest BCUT2D eigenvalue weighted by Crippen LogP contribution is -2.30. The lowest BCUT2D eigenvalue weighted by molar-refractivity contribution is -0.125. The van der Waals surface area contributed by atoms with Crippen LogP contribution in [0.15, 0.2) is 18.2 Å². The number of ether oxygens (including phenoxy) is 1. The fourth-order valence-corrected chi connectivity index (χ4v) is 1.24. The minimum Gasteiger partial charge on any atom is -0.449 e. The number of carbonyl (C=O) groups is 2. The van der Waals surface area contributed by atoms with Gasteiger partial charge in [-0.25, -0.2) is 4.79 Å². The molecule has 0 radical (unpaired) electrons. The van der Waals surface area contributed by atoms with Crippen LogP contribution in [0.3, 0.4) is 0 Å². The molecule has 2 N–H and O–H groups in total. The molecule has 1 atom stereocenters. The summed E-state index contributed by atoms with van der Waals surface area (Å²) >= 11 is 0. The molecule has 0 saturated heterocycles. The Morgan fingerprint density at radius 1 is 1.31 bits per heavy atom. The van der Waals surface area contributed by atoms with Crippen molar-refractivity contribution in [2.24, 2.45) is 5.73 Å². The third-order valence-corrected chi connectivity index (χ3v) is 2.30. The van der Waals surface area contributed by atoms with E-state index in [1.807, 2.05) is 26.0 Å². The maximum Gasteiger partial charge on any atom is 0.339 e. The molecule has 16 heavy (non-hydrogen) atoms. The van der Waals surface area contributed by atoms with Crippen molar-refractivity contribution in [2.75, 3.05) is 0 Å². The number of aryl methyl sites for hydroxylation is 2. The van der Waals surface area contributed by atoms with Gasteiger partial charge in [-0.15, -0.1) is 0 Å². The van der Waals surface area contributed by atoms with E-state index in [4.69, 9.17) is 10.5 Å². The molecule has 0 saturated carbocycles. The number of esters is 1. The molecule has 86 valence electrons. The molecule has 0 bridgehead atoms. The van der Waals surface area contributed by atoms with Crippen LogP contribution < -0.4 is 5.73 Å². The number of primary amides is 1. The largest absolute Gasteiger partial charge is 0.449 e. The minimum atomic E-state index is -0.910. The van der Waals surface area contributed by atoms with Gasteiger partial charge in [0.25, 0.3) is 5.91 Å². The Morgan fingerprint density at radius 3 is 2.50 bits per heavy atom. The summed E-state index contributed by atoms with van der Waals surface area (Å²) in [7, 11) is 0. The molecule has 0 unspecified atom stereocenters. The summed E-state index contributed by atoms with van der Waals surface area (Å²) in [5.41, 5.74) is 7.25. The summed E-state index contributed by atoms with van der Waals surface area (Å²) < 4.78 is 4.92.